The third-order valence-corrected chi connectivity index (χ3v) is 4.91. The highest BCUT2D eigenvalue weighted by molar-refractivity contribution is 9.10. The van der Waals surface area contributed by atoms with E-state index in [1.165, 1.54) is 18.3 Å². The second kappa shape index (κ2) is 8.15. The fourth-order valence-corrected chi connectivity index (χ4v) is 3.34. The molecule has 0 aliphatic carbocycles. The minimum atomic E-state index is -3.72. The molecule has 0 saturated carbocycles. The molecule has 0 atom stereocenters. The van der Waals surface area contributed by atoms with Crippen molar-refractivity contribution in [1.82, 2.24) is 9.71 Å². The van der Waals surface area contributed by atoms with E-state index in [1.807, 2.05) is 24.3 Å². The molecule has 0 radical (unpaired) electrons. The summed E-state index contributed by atoms with van der Waals surface area (Å²) in [6, 6.07) is 10.1. The monoisotopic (exact) mass is 441 g/mol. The molecule has 9 heteroatoms. The highest BCUT2D eigenvalue weighted by Gasteiger charge is 2.18. The van der Waals surface area contributed by atoms with Crippen LogP contribution in [0.25, 0.3) is 0 Å². The first-order valence-electron chi connectivity index (χ1n) is 7.75. The number of anilines is 1. The zero-order valence-corrected chi connectivity index (χ0v) is 17.0. The average Bonchev–Trinajstić information content (AvgIpc) is 2.52. The van der Waals surface area contributed by atoms with Crippen molar-refractivity contribution in [3.05, 3.63) is 52.6 Å². The number of pyridine rings is 1. The lowest BCUT2D eigenvalue weighted by molar-refractivity contribution is 0.0635. The maximum absolute atomic E-state index is 12.3. The molecule has 0 bridgehead atoms. The van der Waals surface area contributed by atoms with Crippen molar-refractivity contribution in [1.29, 1.82) is 0 Å². The SMILES string of the molecule is CC(C)(C)OC(=O)Nc1ccc(S(=O)(=O)NCc2cccc(Br)c2)cn1. The minimum absolute atomic E-state index is 0.00207. The van der Waals surface area contributed by atoms with E-state index < -0.39 is 21.7 Å². The van der Waals surface area contributed by atoms with Gasteiger partial charge >= 0.3 is 6.09 Å². The number of ether oxygens (including phenoxy) is 1. The molecule has 0 fully saturated rings. The number of rotatable bonds is 5. The van der Waals surface area contributed by atoms with E-state index in [9.17, 15) is 13.2 Å². The van der Waals surface area contributed by atoms with Crippen molar-refractivity contribution in [2.24, 2.45) is 0 Å². The van der Waals surface area contributed by atoms with Gasteiger partial charge in [-0.25, -0.2) is 22.9 Å². The van der Waals surface area contributed by atoms with Crippen molar-refractivity contribution in [2.45, 2.75) is 37.8 Å². The number of halogens is 1. The van der Waals surface area contributed by atoms with E-state index in [0.717, 1.165) is 10.0 Å². The molecular weight excluding hydrogens is 422 g/mol. The Balaban J connectivity index is 2.01. The van der Waals surface area contributed by atoms with Gasteiger partial charge in [-0.2, -0.15) is 0 Å². The van der Waals surface area contributed by atoms with Crippen LogP contribution in [0.3, 0.4) is 0 Å². The van der Waals surface area contributed by atoms with Crippen LogP contribution in [-0.4, -0.2) is 25.1 Å². The number of amides is 1. The Hall–Kier alpha value is -1.97. The Bertz CT molecular complexity index is 878. The summed E-state index contributed by atoms with van der Waals surface area (Å²) in [6.07, 6.45) is 0.518. The molecule has 2 N–H and O–H groups in total. The van der Waals surface area contributed by atoms with E-state index in [2.05, 4.69) is 31.0 Å². The number of nitrogens with zero attached hydrogens (tertiary/aromatic N) is 1. The Morgan fingerprint density at radius 3 is 2.54 bits per heavy atom. The molecule has 1 aromatic heterocycles. The summed E-state index contributed by atoms with van der Waals surface area (Å²) in [6.45, 7) is 5.38. The van der Waals surface area contributed by atoms with Crippen molar-refractivity contribution in [3.63, 3.8) is 0 Å². The summed E-state index contributed by atoms with van der Waals surface area (Å²) in [4.78, 5) is 15.6. The summed E-state index contributed by atoms with van der Waals surface area (Å²) in [5, 5.41) is 2.45. The zero-order valence-electron chi connectivity index (χ0n) is 14.6. The minimum Gasteiger partial charge on any atom is -0.444 e. The fraction of sp³-hybridized carbons (Fsp3) is 0.294. The van der Waals surface area contributed by atoms with Gasteiger partial charge in [0.1, 0.15) is 16.3 Å². The molecular formula is C17H20BrN3O4S. The van der Waals surface area contributed by atoms with Gasteiger partial charge in [0.05, 0.1) is 0 Å². The summed E-state index contributed by atoms with van der Waals surface area (Å²) < 4.78 is 33.2. The Kier molecular flexibility index (Phi) is 6.38. The number of benzene rings is 1. The van der Waals surface area contributed by atoms with Gasteiger partial charge in [-0.3, -0.25) is 5.32 Å². The van der Waals surface area contributed by atoms with Gasteiger partial charge in [-0.15, -0.1) is 0 Å². The number of sulfonamides is 1. The lowest BCUT2D eigenvalue weighted by Gasteiger charge is -2.19. The van der Waals surface area contributed by atoms with Crippen molar-refractivity contribution in [3.8, 4) is 0 Å². The second-order valence-corrected chi connectivity index (χ2v) is 9.14. The standard InChI is InChI=1S/C17H20BrN3O4S/c1-17(2,3)25-16(22)21-15-8-7-14(11-19-15)26(23,24)20-10-12-5-4-6-13(18)9-12/h4-9,11,20H,10H2,1-3H3,(H,19,21,22). The number of hydrogen-bond donors (Lipinski definition) is 2. The molecule has 0 unspecified atom stereocenters. The predicted octanol–water partition coefficient (Wildman–Crippen LogP) is 3.67. The molecule has 2 rings (SSSR count). The fourth-order valence-electron chi connectivity index (χ4n) is 1.93. The van der Waals surface area contributed by atoms with E-state index >= 15 is 0 Å². The van der Waals surface area contributed by atoms with Crippen molar-refractivity contribution < 1.29 is 17.9 Å². The van der Waals surface area contributed by atoms with Gasteiger partial charge in [0.25, 0.3) is 0 Å². The van der Waals surface area contributed by atoms with Gasteiger partial charge in [0.2, 0.25) is 10.0 Å². The van der Waals surface area contributed by atoms with E-state index in [0.29, 0.717) is 0 Å². The number of carbonyl (C=O) groups excluding carboxylic acids is 1. The first-order valence-corrected chi connectivity index (χ1v) is 10.0. The highest BCUT2D eigenvalue weighted by Crippen LogP contribution is 2.15. The summed E-state index contributed by atoms with van der Waals surface area (Å²) in [5.41, 5.74) is 0.183. The van der Waals surface area contributed by atoms with Crippen molar-refractivity contribution >= 4 is 37.9 Å². The maximum Gasteiger partial charge on any atom is 0.413 e. The number of nitrogens with one attached hydrogen (secondary N) is 2. The van der Waals surface area contributed by atoms with Gasteiger partial charge in [-0.1, -0.05) is 28.1 Å². The summed E-state index contributed by atoms with van der Waals surface area (Å²) >= 11 is 3.34. The molecule has 0 aliphatic heterocycles. The van der Waals surface area contributed by atoms with Crippen LogP contribution >= 0.6 is 15.9 Å². The van der Waals surface area contributed by atoms with E-state index in [1.54, 1.807) is 20.8 Å². The van der Waals surface area contributed by atoms with E-state index in [-0.39, 0.29) is 17.3 Å². The summed E-state index contributed by atoms with van der Waals surface area (Å²) in [5.74, 6) is 0.199. The topological polar surface area (TPSA) is 97.4 Å². The molecule has 2 aromatic rings. The number of aromatic nitrogens is 1. The zero-order chi connectivity index (χ0) is 19.4. The van der Waals surface area contributed by atoms with Crippen LogP contribution in [-0.2, 0) is 21.3 Å². The van der Waals surface area contributed by atoms with Gasteiger partial charge < -0.3 is 4.74 Å². The Morgan fingerprint density at radius 1 is 1.23 bits per heavy atom. The molecule has 7 nitrogen and oxygen atoms in total. The van der Waals surface area contributed by atoms with Crippen LogP contribution in [0, 0.1) is 0 Å². The first-order chi connectivity index (χ1) is 12.0. The Morgan fingerprint density at radius 2 is 1.96 bits per heavy atom. The second-order valence-electron chi connectivity index (χ2n) is 6.46. The summed E-state index contributed by atoms with van der Waals surface area (Å²) in [7, 11) is -3.72. The molecule has 0 aliphatic rings. The number of carbonyl (C=O) groups is 1. The molecule has 1 aromatic carbocycles. The van der Waals surface area contributed by atoms with Crippen LogP contribution in [0.2, 0.25) is 0 Å². The molecule has 1 amide bonds. The molecule has 0 spiro atoms. The maximum atomic E-state index is 12.3. The molecule has 1 heterocycles. The van der Waals surface area contributed by atoms with E-state index in [4.69, 9.17) is 4.74 Å². The lowest BCUT2D eigenvalue weighted by Crippen LogP contribution is -2.27. The van der Waals surface area contributed by atoms with Crippen LogP contribution in [0.5, 0.6) is 0 Å². The van der Waals surface area contributed by atoms with Crippen molar-refractivity contribution in [2.75, 3.05) is 5.32 Å². The highest BCUT2D eigenvalue weighted by atomic mass is 79.9. The quantitative estimate of drug-likeness (QED) is 0.737. The van der Waals surface area contributed by atoms with Crippen LogP contribution in [0.1, 0.15) is 26.3 Å². The van der Waals surface area contributed by atoms with Crippen LogP contribution in [0.15, 0.2) is 52.0 Å². The lowest BCUT2D eigenvalue weighted by atomic mass is 10.2. The van der Waals surface area contributed by atoms with Gasteiger partial charge in [0.15, 0.2) is 0 Å². The smallest absolute Gasteiger partial charge is 0.413 e. The van der Waals surface area contributed by atoms with Gasteiger partial charge in [0, 0.05) is 17.2 Å². The average molecular weight is 442 g/mol. The third kappa shape index (κ3) is 6.40. The van der Waals surface area contributed by atoms with Crippen LogP contribution < -0.4 is 10.0 Å². The van der Waals surface area contributed by atoms with Gasteiger partial charge in [-0.05, 0) is 50.6 Å². The molecule has 140 valence electrons. The molecule has 26 heavy (non-hydrogen) atoms. The normalized spacial score (nSPS) is 11.8. The first kappa shape index (κ1) is 20.3. The third-order valence-electron chi connectivity index (χ3n) is 3.03. The predicted molar refractivity (Wildman–Crippen MR) is 102 cm³/mol. The Labute approximate surface area is 161 Å². The molecule has 0 saturated heterocycles. The van der Waals surface area contributed by atoms with Crippen LogP contribution in [0.4, 0.5) is 10.6 Å². The number of hydrogen-bond acceptors (Lipinski definition) is 5. The largest absolute Gasteiger partial charge is 0.444 e.